The molecule has 2 rings (SSSR count). The first-order valence-electron chi connectivity index (χ1n) is 5.69. The van der Waals surface area contributed by atoms with Crippen molar-refractivity contribution in [1.29, 1.82) is 5.26 Å². The lowest BCUT2D eigenvalue weighted by Crippen LogP contribution is -2.40. The van der Waals surface area contributed by atoms with E-state index in [9.17, 15) is 5.11 Å². The Morgan fingerprint density at radius 2 is 2.53 bits per heavy atom. The fourth-order valence-electron chi connectivity index (χ4n) is 2.02. The molecule has 2 N–H and O–H groups in total. The van der Waals surface area contributed by atoms with Crippen LogP contribution in [-0.4, -0.2) is 35.0 Å². The van der Waals surface area contributed by atoms with Gasteiger partial charge in [0, 0.05) is 39.4 Å². The normalized spacial score (nSPS) is 23.8. The van der Waals surface area contributed by atoms with E-state index in [4.69, 9.17) is 10.00 Å². The van der Waals surface area contributed by atoms with Crippen molar-refractivity contribution in [1.82, 2.24) is 9.88 Å². The molecule has 1 fully saturated rings. The SMILES string of the molecule is Cn1cc(CNCC2(O)CCOC2)cc1C#N. The van der Waals surface area contributed by atoms with E-state index < -0.39 is 5.60 Å². The van der Waals surface area contributed by atoms with Gasteiger partial charge in [-0.25, -0.2) is 0 Å². The maximum atomic E-state index is 10.0. The molecule has 0 bridgehead atoms. The first-order chi connectivity index (χ1) is 8.13. The highest BCUT2D eigenvalue weighted by Gasteiger charge is 2.31. The second-order valence-electron chi connectivity index (χ2n) is 4.59. The van der Waals surface area contributed by atoms with Gasteiger partial charge in [-0.1, -0.05) is 0 Å². The van der Waals surface area contributed by atoms with Gasteiger partial charge in [-0.2, -0.15) is 5.26 Å². The fourth-order valence-corrected chi connectivity index (χ4v) is 2.02. The minimum absolute atomic E-state index is 0.401. The van der Waals surface area contributed by atoms with Crippen molar-refractivity contribution < 1.29 is 9.84 Å². The molecule has 0 aromatic carbocycles. The van der Waals surface area contributed by atoms with Crippen molar-refractivity contribution in [2.24, 2.45) is 7.05 Å². The monoisotopic (exact) mass is 235 g/mol. The second-order valence-corrected chi connectivity index (χ2v) is 4.59. The van der Waals surface area contributed by atoms with Crippen LogP contribution < -0.4 is 5.32 Å². The highest BCUT2D eigenvalue weighted by atomic mass is 16.5. The Bertz CT molecular complexity index is 427. The summed E-state index contributed by atoms with van der Waals surface area (Å²) in [6, 6.07) is 3.97. The zero-order chi connectivity index (χ0) is 12.3. The van der Waals surface area contributed by atoms with Gasteiger partial charge >= 0.3 is 0 Å². The van der Waals surface area contributed by atoms with Crippen LogP contribution in [0.1, 0.15) is 17.7 Å². The predicted octanol–water partition coefficient (Wildman–Crippen LogP) is 0.138. The highest BCUT2D eigenvalue weighted by Crippen LogP contribution is 2.17. The lowest BCUT2D eigenvalue weighted by Gasteiger charge is -2.20. The summed E-state index contributed by atoms with van der Waals surface area (Å²) in [5, 5.41) is 22.0. The van der Waals surface area contributed by atoms with Gasteiger partial charge in [-0.3, -0.25) is 0 Å². The number of ether oxygens (including phenoxy) is 1. The van der Waals surface area contributed by atoms with Gasteiger partial charge in [0.25, 0.3) is 0 Å². The summed E-state index contributed by atoms with van der Waals surface area (Å²) in [6.45, 7) is 2.20. The largest absolute Gasteiger partial charge is 0.386 e. The van der Waals surface area contributed by atoms with Crippen LogP contribution >= 0.6 is 0 Å². The zero-order valence-corrected chi connectivity index (χ0v) is 9.94. The van der Waals surface area contributed by atoms with Gasteiger partial charge in [0.2, 0.25) is 0 Å². The lowest BCUT2D eigenvalue weighted by atomic mass is 10.0. The van der Waals surface area contributed by atoms with Gasteiger partial charge in [0.15, 0.2) is 0 Å². The summed E-state index contributed by atoms with van der Waals surface area (Å²) < 4.78 is 6.96. The minimum atomic E-state index is -0.729. The predicted molar refractivity (Wildman–Crippen MR) is 62.2 cm³/mol. The van der Waals surface area contributed by atoms with E-state index >= 15 is 0 Å². The third kappa shape index (κ3) is 2.86. The number of nitriles is 1. The molecule has 0 spiro atoms. The molecule has 92 valence electrons. The molecule has 0 radical (unpaired) electrons. The molecule has 1 aliphatic heterocycles. The Labute approximate surface area is 101 Å². The number of aromatic nitrogens is 1. The third-order valence-corrected chi connectivity index (χ3v) is 3.04. The van der Waals surface area contributed by atoms with Crippen LogP contribution in [0.15, 0.2) is 12.3 Å². The Hall–Kier alpha value is -1.35. The number of nitrogens with one attached hydrogen (secondary N) is 1. The number of hydrogen-bond donors (Lipinski definition) is 2. The fraction of sp³-hybridized carbons (Fsp3) is 0.583. The first-order valence-corrected chi connectivity index (χ1v) is 5.69. The van der Waals surface area contributed by atoms with Crippen LogP contribution in [0.25, 0.3) is 0 Å². The molecule has 1 aromatic heterocycles. The summed E-state index contributed by atoms with van der Waals surface area (Å²) >= 11 is 0. The standard InChI is InChI=1S/C12H17N3O2/c1-15-7-10(4-11(15)5-13)6-14-8-12(16)2-3-17-9-12/h4,7,14,16H,2-3,6,8-9H2,1H3. The summed E-state index contributed by atoms with van der Waals surface area (Å²) in [5.41, 5.74) is 0.962. The maximum absolute atomic E-state index is 10.0. The Kier molecular flexibility index (Phi) is 3.48. The molecule has 5 nitrogen and oxygen atoms in total. The summed E-state index contributed by atoms with van der Waals surface area (Å²) in [7, 11) is 1.85. The molecule has 1 saturated heterocycles. The number of aryl methyl sites for hydroxylation is 1. The third-order valence-electron chi connectivity index (χ3n) is 3.04. The van der Waals surface area contributed by atoms with Crippen LogP contribution in [0.4, 0.5) is 0 Å². The van der Waals surface area contributed by atoms with Crippen molar-refractivity contribution >= 4 is 0 Å². The average molecular weight is 235 g/mol. The topological polar surface area (TPSA) is 70.2 Å². The molecule has 1 aliphatic rings. The van der Waals surface area contributed by atoms with Crippen molar-refractivity contribution in [3.8, 4) is 6.07 Å². The molecule has 1 unspecified atom stereocenters. The van der Waals surface area contributed by atoms with E-state index in [1.165, 1.54) is 0 Å². The first kappa shape index (κ1) is 12.1. The van der Waals surface area contributed by atoms with E-state index in [-0.39, 0.29) is 0 Å². The van der Waals surface area contributed by atoms with E-state index in [0.717, 1.165) is 5.56 Å². The average Bonchev–Trinajstić information content (AvgIpc) is 2.86. The number of nitrogens with zero attached hydrogens (tertiary/aromatic N) is 2. The molecule has 0 aliphatic carbocycles. The van der Waals surface area contributed by atoms with Gasteiger partial charge in [0.1, 0.15) is 17.4 Å². The molecule has 5 heteroatoms. The van der Waals surface area contributed by atoms with Crippen LogP contribution in [0, 0.1) is 11.3 Å². The van der Waals surface area contributed by atoms with Crippen molar-refractivity contribution in [3.05, 3.63) is 23.5 Å². The Morgan fingerprint density at radius 3 is 3.12 bits per heavy atom. The molecule has 0 saturated carbocycles. The quantitative estimate of drug-likeness (QED) is 0.778. The Morgan fingerprint density at radius 1 is 1.71 bits per heavy atom. The molecule has 2 heterocycles. The molecule has 17 heavy (non-hydrogen) atoms. The Balaban J connectivity index is 1.84. The van der Waals surface area contributed by atoms with Gasteiger partial charge in [0.05, 0.1) is 6.61 Å². The van der Waals surface area contributed by atoms with Crippen LogP contribution in [0.2, 0.25) is 0 Å². The van der Waals surface area contributed by atoms with Crippen LogP contribution in [-0.2, 0) is 18.3 Å². The van der Waals surface area contributed by atoms with Gasteiger partial charge < -0.3 is 19.7 Å². The number of hydrogen-bond acceptors (Lipinski definition) is 4. The smallest absolute Gasteiger partial charge is 0.120 e. The highest BCUT2D eigenvalue weighted by molar-refractivity contribution is 5.28. The lowest BCUT2D eigenvalue weighted by molar-refractivity contribution is 0.0268. The summed E-state index contributed by atoms with van der Waals surface area (Å²) in [4.78, 5) is 0. The van der Waals surface area contributed by atoms with Crippen molar-refractivity contribution in [3.63, 3.8) is 0 Å². The van der Waals surface area contributed by atoms with E-state index in [1.807, 2.05) is 19.3 Å². The summed E-state index contributed by atoms with van der Waals surface area (Å²) in [5.74, 6) is 0. The number of rotatable bonds is 4. The number of aliphatic hydroxyl groups is 1. The minimum Gasteiger partial charge on any atom is -0.386 e. The molecule has 0 amide bonds. The van der Waals surface area contributed by atoms with Crippen molar-refractivity contribution in [2.45, 2.75) is 18.6 Å². The summed E-state index contributed by atoms with van der Waals surface area (Å²) in [6.07, 6.45) is 2.60. The molecule has 1 aromatic rings. The van der Waals surface area contributed by atoms with Gasteiger partial charge in [-0.15, -0.1) is 0 Å². The second kappa shape index (κ2) is 4.88. The van der Waals surface area contributed by atoms with Crippen LogP contribution in [0.3, 0.4) is 0 Å². The van der Waals surface area contributed by atoms with Gasteiger partial charge in [-0.05, 0) is 11.6 Å². The maximum Gasteiger partial charge on any atom is 0.120 e. The van der Waals surface area contributed by atoms with E-state index in [2.05, 4.69) is 11.4 Å². The molecular weight excluding hydrogens is 218 g/mol. The van der Waals surface area contributed by atoms with E-state index in [1.54, 1.807) is 4.57 Å². The van der Waals surface area contributed by atoms with Crippen LogP contribution in [0.5, 0.6) is 0 Å². The molecular formula is C12H17N3O2. The zero-order valence-electron chi connectivity index (χ0n) is 9.94. The van der Waals surface area contributed by atoms with Crippen molar-refractivity contribution in [2.75, 3.05) is 19.8 Å². The van der Waals surface area contributed by atoms with E-state index in [0.29, 0.717) is 38.4 Å². The molecule has 1 atom stereocenters.